The Morgan fingerprint density at radius 1 is 1.29 bits per heavy atom. The molecule has 0 saturated carbocycles. The molecule has 1 N–H and O–H groups in total. The number of hydrogen-bond acceptors (Lipinski definition) is 2. The predicted octanol–water partition coefficient (Wildman–Crippen LogP) is 2.30. The van der Waals surface area contributed by atoms with Gasteiger partial charge in [0.25, 0.3) is 0 Å². The van der Waals surface area contributed by atoms with Crippen molar-refractivity contribution in [1.82, 2.24) is 10.2 Å². The Labute approximate surface area is 108 Å². The molecule has 0 aliphatic heterocycles. The molecular weight excluding hydrogens is 236 g/mol. The SMILES string of the molecule is CCN(CC)C(=O)CNCc1ccccc1Cl. The summed E-state index contributed by atoms with van der Waals surface area (Å²) in [5.41, 5.74) is 1.02. The van der Waals surface area contributed by atoms with E-state index < -0.39 is 0 Å². The van der Waals surface area contributed by atoms with Gasteiger partial charge in [-0.15, -0.1) is 0 Å². The number of halogens is 1. The molecule has 4 heteroatoms. The molecule has 1 aromatic rings. The van der Waals surface area contributed by atoms with Crippen molar-refractivity contribution in [3.63, 3.8) is 0 Å². The Balaban J connectivity index is 2.38. The molecule has 0 aromatic heterocycles. The quantitative estimate of drug-likeness (QED) is 0.845. The van der Waals surface area contributed by atoms with Crippen LogP contribution in [0.15, 0.2) is 24.3 Å². The van der Waals surface area contributed by atoms with E-state index in [1.165, 1.54) is 0 Å². The van der Waals surface area contributed by atoms with Gasteiger partial charge in [0.1, 0.15) is 0 Å². The molecule has 0 atom stereocenters. The maximum Gasteiger partial charge on any atom is 0.236 e. The van der Waals surface area contributed by atoms with Crippen molar-refractivity contribution < 1.29 is 4.79 Å². The van der Waals surface area contributed by atoms with E-state index in [1.807, 2.05) is 38.1 Å². The number of carbonyl (C=O) groups is 1. The topological polar surface area (TPSA) is 32.3 Å². The summed E-state index contributed by atoms with van der Waals surface area (Å²) in [5, 5.41) is 3.85. The first-order valence-electron chi connectivity index (χ1n) is 5.90. The maximum atomic E-state index is 11.7. The van der Waals surface area contributed by atoms with Gasteiger partial charge in [-0.05, 0) is 25.5 Å². The Bertz CT molecular complexity index is 364. The zero-order valence-electron chi connectivity index (χ0n) is 10.4. The summed E-state index contributed by atoms with van der Waals surface area (Å²) in [6.07, 6.45) is 0. The van der Waals surface area contributed by atoms with Crippen LogP contribution in [0.3, 0.4) is 0 Å². The molecule has 3 nitrogen and oxygen atoms in total. The van der Waals surface area contributed by atoms with E-state index in [4.69, 9.17) is 11.6 Å². The van der Waals surface area contributed by atoms with Crippen molar-refractivity contribution in [3.8, 4) is 0 Å². The molecule has 0 unspecified atom stereocenters. The van der Waals surface area contributed by atoms with Crippen LogP contribution in [0.25, 0.3) is 0 Å². The number of benzene rings is 1. The number of carbonyl (C=O) groups excluding carboxylic acids is 1. The zero-order valence-corrected chi connectivity index (χ0v) is 11.1. The second-order valence-electron chi connectivity index (χ2n) is 3.76. The van der Waals surface area contributed by atoms with Crippen LogP contribution >= 0.6 is 11.6 Å². The largest absolute Gasteiger partial charge is 0.342 e. The lowest BCUT2D eigenvalue weighted by Crippen LogP contribution is -2.37. The normalized spacial score (nSPS) is 10.3. The first-order valence-corrected chi connectivity index (χ1v) is 6.28. The van der Waals surface area contributed by atoms with Gasteiger partial charge in [0, 0.05) is 24.7 Å². The number of nitrogens with zero attached hydrogens (tertiary/aromatic N) is 1. The summed E-state index contributed by atoms with van der Waals surface area (Å²) >= 11 is 6.02. The number of rotatable bonds is 6. The highest BCUT2D eigenvalue weighted by molar-refractivity contribution is 6.31. The zero-order chi connectivity index (χ0) is 12.7. The molecule has 1 rings (SSSR count). The van der Waals surface area contributed by atoms with E-state index in [2.05, 4.69) is 5.32 Å². The third kappa shape index (κ3) is 4.36. The average Bonchev–Trinajstić information content (AvgIpc) is 2.33. The fraction of sp³-hybridized carbons (Fsp3) is 0.462. The molecule has 0 aliphatic rings. The summed E-state index contributed by atoms with van der Waals surface area (Å²) in [7, 11) is 0. The number of amides is 1. The third-order valence-corrected chi connectivity index (χ3v) is 3.03. The molecule has 0 heterocycles. The van der Waals surface area contributed by atoms with Gasteiger partial charge in [-0.2, -0.15) is 0 Å². The number of nitrogens with one attached hydrogen (secondary N) is 1. The molecule has 0 saturated heterocycles. The minimum Gasteiger partial charge on any atom is -0.342 e. The molecule has 0 aliphatic carbocycles. The van der Waals surface area contributed by atoms with Crippen LogP contribution in [0, 0.1) is 0 Å². The Morgan fingerprint density at radius 2 is 1.94 bits per heavy atom. The fourth-order valence-corrected chi connectivity index (χ4v) is 1.84. The molecule has 1 amide bonds. The highest BCUT2D eigenvalue weighted by Gasteiger charge is 2.08. The van der Waals surface area contributed by atoms with Gasteiger partial charge in [0.15, 0.2) is 0 Å². The van der Waals surface area contributed by atoms with Crippen molar-refractivity contribution in [3.05, 3.63) is 34.9 Å². The van der Waals surface area contributed by atoms with Crippen molar-refractivity contribution in [2.45, 2.75) is 20.4 Å². The van der Waals surface area contributed by atoms with Crippen LogP contribution in [-0.2, 0) is 11.3 Å². The third-order valence-electron chi connectivity index (χ3n) is 2.67. The summed E-state index contributed by atoms with van der Waals surface area (Å²) in [6.45, 7) is 6.44. The van der Waals surface area contributed by atoms with Crippen LogP contribution < -0.4 is 5.32 Å². The van der Waals surface area contributed by atoms with E-state index in [1.54, 1.807) is 4.90 Å². The van der Waals surface area contributed by atoms with E-state index in [-0.39, 0.29) is 5.91 Å². The van der Waals surface area contributed by atoms with Gasteiger partial charge in [-0.25, -0.2) is 0 Å². The molecular formula is C13H19ClN2O. The maximum absolute atomic E-state index is 11.7. The van der Waals surface area contributed by atoms with Gasteiger partial charge >= 0.3 is 0 Å². The molecule has 94 valence electrons. The molecule has 0 bridgehead atoms. The summed E-state index contributed by atoms with van der Waals surface area (Å²) in [6, 6.07) is 7.64. The lowest BCUT2D eigenvalue weighted by Gasteiger charge is -2.18. The highest BCUT2D eigenvalue weighted by Crippen LogP contribution is 2.13. The van der Waals surface area contributed by atoms with Gasteiger partial charge in [-0.3, -0.25) is 4.79 Å². The van der Waals surface area contributed by atoms with Gasteiger partial charge < -0.3 is 10.2 Å². The molecule has 0 spiro atoms. The predicted molar refractivity (Wildman–Crippen MR) is 71.1 cm³/mol. The summed E-state index contributed by atoms with van der Waals surface area (Å²) < 4.78 is 0. The van der Waals surface area contributed by atoms with Gasteiger partial charge in [-0.1, -0.05) is 29.8 Å². The highest BCUT2D eigenvalue weighted by atomic mass is 35.5. The van der Waals surface area contributed by atoms with Gasteiger partial charge in [0.05, 0.1) is 6.54 Å². The van der Waals surface area contributed by atoms with Crippen molar-refractivity contribution >= 4 is 17.5 Å². The molecule has 17 heavy (non-hydrogen) atoms. The lowest BCUT2D eigenvalue weighted by atomic mass is 10.2. The van der Waals surface area contributed by atoms with Crippen LogP contribution in [0.5, 0.6) is 0 Å². The summed E-state index contributed by atoms with van der Waals surface area (Å²) in [4.78, 5) is 13.5. The van der Waals surface area contributed by atoms with Crippen LogP contribution in [0.1, 0.15) is 19.4 Å². The molecule has 1 aromatic carbocycles. The minimum atomic E-state index is 0.127. The second-order valence-corrected chi connectivity index (χ2v) is 4.17. The minimum absolute atomic E-state index is 0.127. The van der Waals surface area contributed by atoms with Crippen molar-refractivity contribution in [2.24, 2.45) is 0 Å². The van der Waals surface area contributed by atoms with Crippen LogP contribution in [-0.4, -0.2) is 30.4 Å². The van der Waals surface area contributed by atoms with E-state index in [0.717, 1.165) is 23.7 Å². The smallest absolute Gasteiger partial charge is 0.236 e. The number of likely N-dealkylation sites (N-methyl/N-ethyl adjacent to an activating group) is 1. The Kier molecular flexibility index (Phi) is 6.01. The lowest BCUT2D eigenvalue weighted by molar-refractivity contribution is -0.129. The molecule has 0 radical (unpaired) electrons. The van der Waals surface area contributed by atoms with Crippen LogP contribution in [0.2, 0.25) is 5.02 Å². The van der Waals surface area contributed by atoms with E-state index >= 15 is 0 Å². The molecule has 0 fully saturated rings. The van der Waals surface area contributed by atoms with Crippen LogP contribution in [0.4, 0.5) is 0 Å². The van der Waals surface area contributed by atoms with Crippen molar-refractivity contribution in [2.75, 3.05) is 19.6 Å². The standard InChI is InChI=1S/C13H19ClN2O/c1-3-16(4-2)13(17)10-15-9-11-7-5-6-8-12(11)14/h5-8,15H,3-4,9-10H2,1-2H3. The summed E-state index contributed by atoms with van der Waals surface area (Å²) in [5.74, 6) is 0.127. The number of hydrogen-bond donors (Lipinski definition) is 1. The Hall–Kier alpha value is -1.06. The fourth-order valence-electron chi connectivity index (χ4n) is 1.63. The second kappa shape index (κ2) is 7.30. The van der Waals surface area contributed by atoms with Crippen molar-refractivity contribution in [1.29, 1.82) is 0 Å². The first kappa shape index (κ1) is 14.0. The van der Waals surface area contributed by atoms with E-state index in [9.17, 15) is 4.79 Å². The first-order chi connectivity index (χ1) is 8.19. The average molecular weight is 255 g/mol. The van der Waals surface area contributed by atoms with E-state index in [0.29, 0.717) is 13.1 Å². The monoisotopic (exact) mass is 254 g/mol. The van der Waals surface area contributed by atoms with Gasteiger partial charge in [0.2, 0.25) is 5.91 Å². The Morgan fingerprint density at radius 3 is 2.53 bits per heavy atom.